The smallest absolute Gasteiger partial charge is 0.348 e. The fourth-order valence-electron chi connectivity index (χ4n) is 2.51. The Morgan fingerprint density at radius 2 is 1.96 bits per heavy atom. The molecule has 130 valence electrons. The Balaban J connectivity index is 2.11. The van der Waals surface area contributed by atoms with Crippen LogP contribution >= 0.6 is 22.9 Å². The van der Waals surface area contributed by atoms with Gasteiger partial charge in [0.15, 0.2) is 0 Å². The van der Waals surface area contributed by atoms with Gasteiger partial charge in [-0.3, -0.25) is 0 Å². The molecule has 0 amide bonds. The molecule has 0 aliphatic heterocycles. The number of hydrogen-bond acceptors (Lipinski definition) is 6. The van der Waals surface area contributed by atoms with E-state index in [1.165, 1.54) is 11.3 Å². The van der Waals surface area contributed by atoms with Crippen LogP contribution in [-0.2, 0) is 4.74 Å². The van der Waals surface area contributed by atoms with E-state index in [1.807, 2.05) is 52.0 Å². The van der Waals surface area contributed by atoms with Gasteiger partial charge in [0.05, 0.1) is 11.5 Å². The van der Waals surface area contributed by atoms with Crippen LogP contribution in [0.15, 0.2) is 24.3 Å². The molecule has 7 heteroatoms. The summed E-state index contributed by atoms with van der Waals surface area (Å²) >= 11 is 7.35. The van der Waals surface area contributed by atoms with Gasteiger partial charge >= 0.3 is 5.97 Å². The zero-order valence-corrected chi connectivity index (χ0v) is 16.0. The van der Waals surface area contributed by atoms with Gasteiger partial charge in [0.2, 0.25) is 5.28 Å². The van der Waals surface area contributed by atoms with Crippen LogP contribution in [0.3, 0.4) is 0 Å². The van der Waals surface area contributed by atoms with Crippen LogP contribution in [0.1, 0.15) is 34.6 Å². The highest BCUT2D eigenvalue weighted by atomic mass is 35.5. The van der Waals surface area contributed by atoms with Gasteiger partial charge in [-0.05, 0) is 56.5 Å². The van der Waals surface area contributed by atoms with Gasteiger partial charge in [0, 0.05) is 5.69 Å². The first kappa shape index (κ1) is 17.6. The molecule has 5 nitrogen and oxygen atoms in total. The van der Waals surface area contributed by atoms with E-state index < -0.39 is 0 Å². The average Bonchev–Trinajstić information content (AvgIpc) is 2.86. The van der Waals surface area contributed by atoms with E-state index in [4.69, 9.17) is 16.3 Å². The molecule has 25 heavy (non-hydrogen) atoms. The summed E-state index contributed by atoms with van der Waals surface area (Å²) in [7, 11) is 0. The van der Waals surface area contributed by atoms with Crippen molar-refractivity contribution in [1.29, 1.82) is 0 Å². The minimum Gasteiger partial charge on any atom is -0.459 e. The number of fused-ring (bicyclic) bond motifs is 1. The van der Waals surface area contributed by atoms with Crippen molar-refractivity contribution in [2.75, 3.05) is 5.32 Å². The van der Waals surface area contributed by atoms with Crippen LogP contribution < -0.4 is 5.32 Å². The molecule has 2 aromatic heterocycles. The number of nitrogens with one attached hydrogen (secondary N) is 1. The predicted octanol–water partition coefficient (Wildman–Crippen LogP) is 5.27. The number of benzene rings is 1. The maximum absolute atomic E-state index is 12.3. The molecule has 0 bridgehead atoms. The summed E-state index contributed by atoms with van der Waals surface area (Å²) in [5.74, 6) is 0.232. The van der Waals surface area contributed by atoms with Gasteiger partial charge in [-0.15, -0.1) is 11.3 Å². The van der Waals surface area contributed by atoms with Gasteiger partial charge < -0.3 is 10.1 Å². The van der Waals surface area contributed by atoms with Crippen molar-refractivity contribution in [3.05, 3.63) is 45.6 Å². The first-order chi connectivity index (χ1) is 11.9. The van der Waals surface area contributed by atoms with Crippen molar-refractivity contribution in [3.63, 3.8) is 0 Å². The molecule has 0 radical (unpaired) electrons. The summed E-state index contributed by atoms with van der Waals surface area (Å²) < 4.78 is 5.32. The monoisotopic (exact) mass is 375 g/mol. The minimum atomic E-state index is -0.353. The molecule has 0 atom stereocenters. The lowest BCUT2D eigenvalue weighted by Crippen LogP contribution is -2.11. The van der Waals surface area contributed by atoms with E-state index >= 15 is 0 Å². The predicted molar refractivity (Wildman–Crippen MR) is 102 cm³/mol. The molecule has 2 heterocycles. The number of esters is 1. The maximum Gasteiger partial charge on any atom is 0.348 e. The van der Waals surface area contributed by atoms with Gasteiger partial charge in [-0.2, -0.15) is 4.98 Å². The highest BCUT2D eigenvalue weighted by Crippen LogP contribution is 2.36. The second-order valence-corrected chi connectivity index (χ2v) is 7.31. The van der Waals surface area contributed by atoms with E-state index in [-0.39, 0.29) is 17.4 Å². The van der Waals surface area contributed by atoms with Gasteiger partial charge in [-0.1, -0.05) is 18.2 Å². The van der Waals surface area contributed by atoms with Crippen LogP contribution in [0.4, 0.5) is 11.5 Å². The lowest BCUT2D eigenvalue weighted by Gasteiger charge is -2.10. The molecular weight excluding hydrogens is 358 g/mol. The number of para-hydroxylation sites is 1. The zero-order valence-electron chi connectivity index (χ0n) is 14.4. The lowest BCUT2D eigenvalue weighted by atomic mass is 10.1. The van der Waals surface area contributed by atoms with Gasteiger partial charge in [-0.25, -0.2) is 9.78 Å². The molecule has 0 aliphatic carbocycles. The molecule has 0 aliphatic rings. The Hall–Kier alpha value is -2.18. The first-order valence-electron chi connectivity index (χ1n) is 7.87. The third-order valence-corrected chi connectivity index (χ3v) is 5.02. The number of aromatic nitrogens is 2. The van der Waals surface area contributed by atoms with Crippen molar-refractivity contribution in [2.24, 2.45) is 0 Å². The Bertz CT molecular complexity index is 953. The van der Waals surface area contributed by atoms with Gasteiger partial charge in [0.1, 0.15) is 15.5 Å². The van der Waals surface area contributed by atoms with Crippen LogP contribution in [0.5, 0.6) is 0 Å². The van der Waals surface area contributed by atoms with Crippen LogP contribution in [0.2, 0.25) is 5.28 Å². The molecule has 3 rings (SSSR count). The fourth-order valence-corrected chi connectivity index (χ4v) is 3.79. The standard InChI is InChI=1S/C18H18ClN3O2S/c1-9(2)24-17(23)14-11(4)13-15(21-18(19)22-16(13)25-14)20-12-8-6-5-7-10(12)3/h5-9H,1-4H3,(H,20,21,22). The number of ether oxygens (including phenoxy) is 1. The minimum absolute atomic E-state index is 0.133. The summed E-state index contributed by atoms with van der Waals surface area (Å²) in [6.07, 6.45) is -0.184. The summed E-state index contributed by atoms with van der Waals surface area (Å²) in [4.78, 5) is 22.1. The second-order valence-electron chi connectivity index (χ2n) is 5.97. The van der Waals surface area contributed by atoms with Crippen molar-refractivity contribution in [1.82, 2.24) is 9.97 Å². The molecule has 0 fully saturated rings. The quantitative estimate of drug-likeness (QED) is 0.497. The number of aryl methyl sites for hydroxylation is 2. The Morgan fingerprint density at radius 3 is 2.64 bits per heavy atom. The van der Waals surface area contributed by atoms with Gasteiger partial charge in [0.25, 0.3) is 0 Å². The average molecular weight is 376 g/mol. The number of thiophene rings is 1. The molecule has 0 unspecified atom stereocenters. The van der Waals surface area contributed by atoms with Crippen molar-refractivity contribution in [3.8, 4) is 0 Å². The largest absolute Gasteiger partial charge is 0.459 e. The van der Waals surface area contributed by atoms with Crippen molar-refractivity contribution < 1.29 is 9.53 Å². The number of nitrogens with zero attached hydrogens (tertiary/aromatic N) is 2. The number of halogens is 1. The van der Waals surface area contributed by atoms with Crippen molar-refractivity contribution >= 4 is 50.6 Å². The third-order valence-electron chi connectivity index (χ3n) is 3.69. The highest BCUT2D eigenvalue weighted by molar-refractivity contribution is 7.20. The molecule has 0 saturated heterocycles. The molecule has 1 N–H and O–H groups in total. The molecule has 0 saturated carbocycles. The fraction of sp³-hybridized carbons (Fsp3) is 0.278. The number of carbonyl (C=O) groups excluding carboxylic acids is 1. The van der Waals surface area contributed by atoms with Crippen LogP contribution in [0.25, 0.3) is 10.2 Å². The van der Waals surface area contributed by atoms with Crippen LogP contribution in [-0.4, -0.2) is 22.0 Å². The molecule has 1 aromatic carbocycles. The summed E-state index contributed by atoms with van der Waals surface area (Å²) in [5.41, 5.74) is 2.80. The topological polar surface area (TPSA) is 64.1 Å². The SMILES string of the molecule is Cc1ccccc1Nc1nc(Cl)nc2sc(C(=O)OC(C)C)c(C)c12. The highest BCUT2D eigenvalue weighted by Gasteiger charge is 2.22. The second kappa shape index (κ2) is 6.98. The molecule has 3 aromatic rings. The lowest BCUT2D eigenvalue weighted by molar-refractivity contribution is 0.0383. The van der Waals surface area contributed by atoms with Crippen molar-refractivity contribution in [2.45, 2.75) is 33.8 Å². The molecule has 0 spiro atoms. The Kier molecular flexibility index (Phi) is 4.92. The normalized spacial score (nSPS) is 11.1. The number of carbonyl (C=O) groups is 1. The van der Waals surface area contributed by atoms with E-state index in [2.05, 4.69) is 15.3 Å². The first-order valence-corrected chi connectivity index (χ1v) is 9.06. The Labute approximate surface area is 155 Å². The number of rotatable bonds is 4. The van der Waals surface area contributed by atoms with E-state index in [0.717, 1.165) is 22.2 Å². The Morgan fingerprint density at radius 1 is 1.24 bits per heavy atom. The van der Waals surface area contributed by atoms with E-state index in [0.29, 0.717) is 15.5 Å². The van der Waals surface area contributed by atoms with E-state index in [1.54, 1.807) is 0 Å². The van der Waals surface area contributed by atoms with Crippen LogP contribution in [0, 0.1) is 13.8 Å². The number of anilines is 2. The molecular formula is C18H18ClN3O2S. The summed E-state index contributed by atoms with van der Waals surface area (Å²) in [6.45, 7) is 7.52. The van der Waals surface area contributed by atoms with E-state index in [9.17, 15) is 4.79 Å². The maximum atomic E-state index is 12.3. The summed E-state index contributed by atoms with van der Waals surface area (Å²) in [6, 6.07) is 7.89. The third kappa shape index (κ3) is 3.60. The summed E-state index contributed by atoms with van der Waals surface area (Å²) in [5, 5.41) is 4.23. The zero-order chi connectivity index (χ0) is 18.1. The number of hydrogen-bond donors (Lipinski definition) is 1.